The van der Waals surface area contributed by atoms with E-state index in [4.69, 9.17) is 14.3 Å². The molecular weight excluding hydrogens is 306 g/mol. The molecule has 0 N–H and O–H groups in total. The van der Waals surface area contributed by atoms with E-state index in [0.717, 1.165) is 16.6 Å². The fraction of sp³-hybridized carbons (Fsp3) is 0.222. The summed E-state index contributed by atoms with van der Waals surface area (Å²) in [4.78, 5) is 14.7. The Morgan fingerprint density at radius 1 is 0.875 bits per heavy atom. The Morgan fingerprint density at radius 3 is 2.38 bits per heavy atom. The van der Waals surface area contributed by atoms with Gasteiger partial charge in [0.25, 0.3) is 5.95 Å². The van der Waals surface area contributed by atoms with Crippen LogP contribution < -0.4 is 14.5 Å². The van der Waals surface area contributed by atoms with Gasteiger partial charge >= 0.3 is 0 Å². The molecule has 0 aliphatic carbocycles. The van der Waals surface area contributed by atoms with Crippen LogP contribution in [-0.2, 0) is 4.84 Å². The highest BCUT2D eigenvalue weighted by Gasteiger charge is 2.20. The summed E-state index contributed by atoms with van der Waals surface area (Å²) in [6.45, 7) is 1.95. The Balaban J connectivity index is 2.16. The van der Waals surface area contributed by atoms with Gasteiger partial charge in [-0.1, -0.05) is 24.3 Å². The zero-order valence-electron chi connectivity index (χ0n) is 14.1. The highest BCUT2D eigenvalue weighted by molar-refractivity contribution is 5.82. The number of hydrogen-bond acceptors (Lipinski definition) is 6. The van der Waals surface area contributed by atoms with Crippen molar-refractivity contribution in [1.29, 1.82) is 0 Å². The largest absolute Gasteiger partial charge is 0.493 e. The van der Waals surface area contributed by atoms with Crippen molar-refractivity contribution in [2.75, 3.05) is 26.4 Å². The first kappa shape index (κ1) is 16.0. The number of aryl methyl sites for hydroxylation is 1. The van der Waals surface area contributed by atoms with Crippen molar-refractivity contribution in [3.63, 3.8) is 0 Å². The first-order valence-electron chi connectivity index (χ1n) is 7.48. The first-order valence-corrected chi connectivity index (χ1v) is 7.48. The minimum absolute atomic E-state index is 0.431. The number of rotatable bonds is 5. The maximum atomic E-state index is 5.54. The van der Waals surface area contributed by atoms with E-state index in [1.807, 2.05) is 49.4 Å². The molecule has 0 atom stereocenters. The molecule has 3 aromatic rings. The normalized spacial score (nSPS) is 10.7. The highest BCUT2D eigenvalue weighted by Crippen LogP contribution is 2.39. The lowest BCUT2D eigenvalue weighted by molar-refractivity contribution is 0.194. The summed E-state index contributed by atoms with van der Waals surface area (Å²) in [6.07, 6.45) is 0. The maximum absolute atomic E-state index is 5.54. The zero-order chi connectivity index (χ0) is 17.1. The number of fused-ring (bicyclic) bond motifs is 1. The minimum Gasteiger partial charge on any atom is -0.493 e. The Labute approximate surface area is 140 Å². The van der Waals surface area contributed by atoms with E-state index in [1.165, 1.54) is 5.06 Å². The summed E-state index contributed by atoms with van der Waals surface area (Å²) >= 11 is 0. The van der Waals surface area contributed by atoms with Gasteiger partial charge in [0, 0.05) is 5.39 Å². The molecule has 0 aliphatic rings. The fourth-order valence-corrected chi connectivity index (χ4v) is 2.63. The van der Waals surface area contributed by atoms with Crippen LogP contribution in [0.15, 0.2) is 42.5 Å². The predicted molar refractivity (Wildman–Crippen MR) is 93.0 cm³/mol. The van der Waals surface area contributed by atoms with Crippen LogP contribution in [-0.4, -0.2) is 31.3 Å². The summed E-state index contributed by atoms with van der Waals surface area (Å²) < 4.78 is 10.8. The van der Waals surface area contributed by atoms with Gasteiger partial charge in [-0.3, -0.25) is 4.84 Å². The molecule has 0 bridgehead atoms. The molecule has 6 nitrogen and oxygen atoms in total. The molecule has 0 fully saturated rings. The van der Waals surface area contributed by atoms with Crippen molar-refractivity contribution in [2.45, 2.75) is 6.92 Å². The molecule has 6 heteroatoms. The Morgan fingerprint density at radius 2 is 1.67 bits per heavy atom. The summed E-state index contributed by atoms with van der Waals surface area (Å²) in [6, 6.07) is 13.4. The molecule has 0 saturated carbocycles. The van der Waals surface area contributed by atoms with Gasteiger partial charge < -0.3 is 9.47 Å². The third-order valence-electron chi connectivity index (χ3n) is 3.75. The number of anilines is 2. The minimum atomic E-state index is 0.431. The van der Waals surface area contributed by atoms with E-state index in [2.05, 4.69) is 9.97 Å². The molecule has 0 spiro atoms. The molecule has 2 aromatic carbocycles. The van der Waals surface area contributed by atoms with E-state index in [9.17, 15) is 0 Å². The van der Waals surface area contributed by atoms with Crippen LogP contribution in [0.1, 0.15) is 5.69 Å². The van der Waals surface area contributed by atoms with Gasteiger partial charge in [-0.2, -0.15) is 5.06 Å². The smallest absolute Gasteiger partial charge is 0.255 e. The molecule has 3 rings (SSSR count). The SMILES string of the molecule is COc1cccc(N(OC)c2nc(C)c3ccccc3n2)c1OC. The number of benzene rings is 2. The topological polar surface area (TPSA) is 56.7 Å². The van der Waals surface area contributed by atoms with Gasteiger partial charge in [0.1, 0.15) is 5.69 Å². The molecule has 0 radical (unpaired) electrons. The molecule has 0 unspecified atom stereocenters. The zero-order valence-corrected chi connectivity index (χ0v) is 14.1. The van der Waals surface area contributed by atoms with Gasteiger partial charge in [0.05, 0.1) is 32.5 Å². The average Bonchev–Trinajstić information content (AvgIpc) is 2.62. The number of methoxy groups -OCH3 is 2. The second-order valence-corrected chi connectivity index (χ2v) is 5.12. The van der Waals surface area contributed by atoms with Gasteiger partial charge in [-0.25, -0.2) is 9.97 Å². The molecule has 124 valence electrons. The number of ether oxygens (including phenoxy) is 2. The van der Waals surface area contributed by atoms with E-state index in [1.54, 1.807) is 21.3 Å². The van der Waals surface area contributed by atoms with E-state index in [0.29, 0.717) is 23.1 Å². The van der Waals surface area contributed by atoms with Crippen LogP contribution in [0.3, 0.4) is 0 Å². The third-order valence-corrected chi connectivity index (χ3v) is 3.75. The Hall–Kier alpha value is -2.86. The lowest BCUT2D eigenvalue weighted by atomic mass is 10.2. The van der Waals surface area contributed by atoms with Crippen molar-refractivity contribution in [3.8, 4) is 11.5 Å². The van der Waals surface area contributed by atoms with Crippen molar-refractivity contribution in [2.24, 2.45) is 0 Å². The van der Waals surface area contributed by atoms with Crippen molar-refractivity contribution in [3.05, 3.63) is 48.2 Å². The average molecular weight is 325 g/mol. The van der Waals surface area contributed by atoms with Crippen LogP contribution in [0, 0.1) is 6.92 Å². The number of para-hydroxylation sites is 2. The lowest BCUT2D eigenvalue weighted by Crippen LogP contribution is -2.19. The van der Waals surface area contributed by atoms with Crippen LogP contribution in [0.4, 0.5) is 11.6 Å². The van der Waals surface area contributed by atoms with E-state index >= 15 is 0 Å². The van der Waals surface area contributed by atoms with Gasteiger partial charge in [0.15, 0.2) is 11.5 Å². The Bertz CT molecular complexity index is 867. The van der Waals surface area contributed by atoms with Gasteiger partial charge in [0.2, 0.25) is 0 Å². The Kier molecular flexibility index (Phi) is 4.48. The van der Waals surface area contributed by atoms with Crippen LogP contribution in [0.25, 0.3) is 10.9 Å². The molecule has 1 heterocycles. The van der Waals surface area contributed by atoms with Gasteiger partial charge in [-0.15, -0.1) is 0 Å². The second kappa shape index (κ2) is 6.72. The molecule has 0 aliphatic heterocycles. The molecule has 1 aromatic heterocycles. The quantitative estimate of drug-likeness (QED) is 0.667. The maximum Gasteiger partial charge on any atom is 0.255 e. The standard InChI is InChI=1S/C18H19N3O3/c1-12-13-8-5-6-9-14(13)20-18(19-12)21(24-4)15-10-7-11-16(22-2)17(15)23-3/h5-11H,1-4H3. The van der Waals surface area contributed by atoms with Crippen LogP contribution in [0.2, 0.25) is 0 Å². The van der Waals surface area contributed by atoms with E-state index in [-0.39, 0.29) is 0 Å². The van der Waals surface area contributed by atoms with Crippen molar-refractivity contribution in [1.82, 2.24) is 9.97 Å². The number of aromatic nitrogens is 2. The first-order chi connectivity index (χ1) is 11.7. The monoisotopic (exact) mass is 325 g/mol. The molecule has 24 heavy (non-hydrogen) atoms. The molecule has 0 saturated heterocycles. The van der Waals surface area contributed by atoms with Crippen LogP contribution in [0.5, 0.6) is 11.5 Å². The van der Waals surface area contributed by atoms with Crippen molar-refractivity contribution < 1.29 is 14.3 Å². The van der Waals surface area contributed by atoms with Crippen molar-refractivity contribution >= 4 is 22.5 Å². The van der Waals surface area contributed by atoms with E-state index < -0.39 is 0 Å². The second-order valence-electron chi connectivity index (χ2n) is 5.12. The molecular formula is C18H19N3O3. The lowest BCUT2D eigenvalue weighted by Gasteiger charge is -2.23. The fourth-order valence-electron chi connectivity index (χ4n) is 2.63. The highest BCUT2D eigenvalue weighted by atomic mass is 16.7. The van der Waals surface area contributed by atoms with Crippen LogP contribution >= 0.6 is 0 Å². The molecule has 0 amide bonds. The third kappa shape index (κ3) is 2.72. The summed E-state index contributed by atoms with van der Waals surface area (Å²) in [5.74, 6) is 1.59. The summed E-state index contributed by atoms with van der Waals surface area (Å²) in [5.41, 5.74) is 2.39. The van der Waals surface area contributed by atoms with Gasteiger partial charge in [-0.05, 0) is 25.1 Å². The number of hydrogen-bond donors (Lipinski definition) is 0. The predicted octanol–water partition coefficient (Wildman–Crippen LogP) is 3.65. The summed E-state index contributed by atoms with van der Waals surface area (Å²) in [5, 5.41) is 2.54. The number of nitrogens with zero attached hydrogens (tertiary/aromatic N) is 3. The summed E-state index contributed by atoms with van der Waals surface area (Å²) in [7, 11) is 4.74.